The van der Waals surface area contributed by atoms with E-state index in [0.29, 0.717) is 11.8 Å². The van der Waals surface area contributed by atoms with E-state index in [4.69, 9.17) is 16.3 Å². The normalized spacial score (nSPS) is 10.6. The molecule has 1 heterocycles. The van der Waals surface area contributed by atoms with Crippen molar-refractivity contribution < 1.29 is 4.74 Å². The van der Waals surface area contributed by atoms with Crippen LogP contribution in [0.2, 0.25) is 5.28 Å². The van der Waals surface area contributed by atoms with Gasteiger partial charge in [-0.15, -0.1) is 10.2 Å². The summed E-state index contributed by atoms with van der Waals surface area (Å²) in [4.78, 5) is 0. The molecule has 0 spiro atoms. The predicted octanol–water partition coefficient (Wildman–Crippen LogP) is 3.66. The summed E-state index contributed by atoms with van der Waals surface area (Å²) in [6, 6.07) is 17.7. The van der Waals surface area contributed by atoms with E-state index < -0.39 is 0 Å². The fraction of sp³-hybridized carbons (Fsp3) is 0.125. The lowest BCUT2D eigenvalue weighted by Gasteiger charge is -2.08. The van der Waals surface area contributed by atoms with Crippen LogP contribution in [0.3, 0.4) is 0 Å². The lowest BCUT2D eigenvalue weighted by atomic mass is 10.2. The Morgan fingerprint density at radius 1 is 1.00 bits per heavy atom. The van der Waals surface area contributed by atoms with Crippen LogP contribution >= 0.6 is 11.6 Å². The molecule has 0 saturated carbocycles. The molecule has 2 aromatic carbocycles. The van der Waals surface area contributed by atoms with Crippen molar-refractivity contribution in [3.8, 4) is 17.1 Å². The van der Waals surface area contributed by atoms with Gasteiger partial charge in [-0.05, 0) is 29.3 Å². The quantitative estimate of drug-likeness (QED) is 0.738. The van der Waals surface area contributed by atoms with E-state index >= 15 is 0 Å². The predicted molar refractivity (Wildman–Crippen MR) is 82.6 cm³/mol. The molecule has 0 aliphatic carbocycles. The molecule has 0 saturated heterocycles. The number of aromatic nitrogens is 3. The van der Waals surface area contributed by atoms with E-state index in [0.717, 1.165) is 22.7 Å². The topological polar surface area (TPSA) is 39.9 Å². The van der Waals surface area contributed by atoms with Gasteiger partial charge in [-0.1, -0.05) is 42.5 Å². The SMILES string of the molecule is COc1ccc(Cn2c(Cl)nnc2-c2ccccc2)cc1. The van der Waals surface area contributed by atoms with Crippen molar-refractivity contribution in [2.45, 2.75) is 6.54 Å². The summed E-state index contributed by atoms with van der Waals surface area (Å²) in [6.07, 6.45) is 0. The highest BCUT2D eigenvalue weighted by molar-refractivity contribution is 6.28. The largest absolute Gasteiger partial charge is 0.497 e. The minimum absolute atomic E-state index is 0.379. The van der Waals surface area contributed by atoms with Crippen LogP contribution in [0.25, 0.3) is 11.4 Å². The van der Waals surface area contributed by atoms with Crippen LogP contribution in [-0.2, 0) is 6.54 Å². The zero-order chi connectivity index (χ0) is 14.7. The Hall–Kier alpha value is -2.33. The van der Waals surface area contributed by atoms with Crippen molar-refractivity contribution in [3.05, 3.63) is 65.4 Å². The Morgan fingerprint density at radius 3 is 2.38 bits per heavy atom. The zero-order valence-electron chi connectivity index (χ0n) is 11.5. The van der Waals surface area contributed by atoms with Crippen LogP contribution in [0.5, 0.6) is 5.75 Å². The summed E-state index contributed by atoms with van der Waals surface area (Å²) >= 11 is 6.17. The first-order valence-corrected chi connectivity index (χ1v) is 6.93. The molecule has 0 N–H and O–H groups in total. The first kappa shape index (κ1) is 13.6. The third kappa shape index (κ3) is 2.90. The second-order valence-electron chi connectivity index (χ2n) is 4.59. The number of hydrogen-bond acceptors (Lipinski definition) is 3. The molecule has 4 nitrogen and oxygen atoms in total. The number of hydrogen-bond donors (Lipinski definition) is 0. The fourth-order valence-electron chi connectivity index (χ4n) is 2.14. The lowest BCUT2D eigenvalue weighted by molar-refractivity contribution is 0.414. The van der Waals surface area contributed by atoms with Crippen molar-refractivity contribution in [2.24, 2.45) is 0 Å². The van der Waals surface area contributed by atoms with E-state index in [2.05, 4.69) is 10.2 Å². The highest BCUT2D eigenvalue weighted by atomic mass is 35.5. The van der Waals surface area contributed by atoms with Gasteiger partial charge < -0.3 is 4.74 Å². The Bertz CT molecular complexity index is 723. The molecule has 3 aromatic rings. The zero-order valence-corrected chi connectivity index (χ0v) is 12.3. The summed E-state index contributed by atoms with van der Waals surface area (Å²) in [5.41, 5.74) is 2.10. The number of halogens is 1. The van der Waals surface area contributed by atoms with E-state index in [1.54, 1.807) is 7.11 Å². The third-order valence-electron chi connectivity index (χ3n) is 3.24. The summed E-state index contributed by atoms with van der Waals surface area (Å²) in [6.45, 7) is 0.611. The maximum atomic E-state index is 6.17. The summed E-state index contributed by atoms with van der Waals surface area (Å²) in [5.74, 6) is 1.59. The van der Waals surface area contributed by atoms with Crippen LogP contribution in [-0.4, -0.2) is 21.9 Å². The Morgan fingerprint density at radius 2 is 1.71 bits per heavy atom. The Kier molecular flexibility index (Phi) is 3.88. The molecular weight excluding hydrogens is 286 g/mol. The van der Waals surface area contributed by atoms with Crippen LogP contribution in [0.4, 0.5) is 0 Å². The minimum atomic E-state index is 0.379. The van der Waals surface area contributed by atoms with Gasteiger partial charge >= 0.3 is 0 Å². The fourth-order valence-corrected chi connectivity index (χ4v) is 2.32. The second-order valence-corrected chi connectivity index (χ2v) is 4.93. The number of nitrogens with zero attached hydrogens (tertiary/aromatic N) is 3. The monoisotopic (exact) mass is 299 g/mol. The van der Waals surface area contributed by atoms with Crippen molar-refractivity contribution in [2.75, 3.05) is 7.11 Å². The van der Waals surface area contributed by atoms with Crippen molar-refractivity contribution in [1.82, 2.24) is 14.8 Å². The van der Waals surface area contributed by atoms with Crippen LogP contribution in [0, 0.1) is 0 Å². The molecular formula is C16H14ClN3O. The van der Waals surface area contributed by atoms with Gasteiger partial charge in [-0.2, -0.15) is 0 Å². The molecule has 3 rings (SSSR count). The maximum Gasteiger partial charge on any atom is 0.225 e. The molecule has 21 heavy (non-hydrogen) atoms. The van der Waals surface area contributed by atoms with E-state index in [1.165, 1.54) is 0 Å². The molecule has 0 amide bonds. The number of benzene rings is 2. The van der Waals surface area contributed by atoms with Crippen molar-refractivity contribution >= 4 is 11.6 Å². The number of ether oxygens (including phenoxy) is 1. The molecule has 0 bridgehead atoms. The first-order valence-electron chi connectivity index (χ1n) is 6.55. The molecule has 5 heteroatoms. The highest BCUT2D eigenvalue weighted by Crippen LogP contribution is 2.22. The van der Waals surface area contributed by atoms with Gasteiger partial charge in [0.15, 0.2) is 5.82 Å². The summed E-state index contributed by atoms with van der Waals surface area (Å²) in [7, 11) is 1.65. The average Bonchev–Trinajstić information content (AvgIpc) is 2.90. The molecule has 0 fully saturated rings. The number of rotatable bonds is 4. The number of methoxy groups -OCH3 is 1. The third-order valence-corrected chi connectivity index (χ3v) is 3.52. The van der Waals surface area contributed by atoms with E-state index in [9.17, 15) is 0 Å². The molecule has 106 valence electrons. The molecule has 0 atom stereocenters. The standard InChI is InChI=1S/C16H14ClN3O/c1-21-14-9-7-12(8-10-14)11-20-15(18-19-16(20)17)13-5-3-2-4-6-13/h2-10H,11H2,1H3. The Labute approximate surface area is 128 Å². The van der Waals surface area contributed by atoms with Gasteiger partial charge in [0, 0.05) is 5.56 Å². The smallest absolute Gasteiger partial charge is 0.225 e. The molecule has 0 radical (unpaired) electrons. The van der Waals surface area contributed by atoms with Gasteiger partial charge in [-0.25, -0.2) is 0 Å². The van der Waals surface area contributed by atoms with E-state index in [1.807, 2.05) is 59.2 Å². The van der Waals surface area contributed by atoms with Crippen LogP contribution in [0.1, 0.15) is 5.56 Å². The van der Waals surface area contributed by atoms with Gasteiger partial charge in [0.1, 0.15) is 5.75 Å². The van der Waals surface area contributed by atoms with Gasteiger partial charge in [0.25, 0.3) is 0 Å². The summed E-state index contributed by atoms with van der Waals surface area (Å²) < 4.78 is 7.05. The lowest BCUT2D eigenvalue weighted by Crippen LogP contribution is -2.02. The van der Waals surface area contributed by atoms with Crippen molar-refractivity contribution in [3.63, 3.8) is 0 Å². The first-order chi connectivity index (χ1) is 10.3. The second kappa shape index (κ2) is 5.97. The highest BCUT2D eigenvalue weighted by Gasteiger charge is 2.12. The Balaban J connectivity index is 1.93. The average molecular weight is 300 g/mol. The van der Waals surface area contributed by atoms with Crippen molar-refractivity contribution in [1.29, 1.82) is 0 Å². The minimum Gasteiger partial charge on any atom is -0.497 e. The van der Waals surface area contributed by atoms with Crippen LogP contribution in [0.15, 0.2) is 54.6 Å². The molecule has 0 aliphatic rings. The maximum absolute atomic E-state index is 6.17. The van der Waals surface area contributed by atoms with Gasteiger partial charge in [-0.3, -0.25) is 4.57 Å². The molecule has 0 unspecified atom stereocenters. The van der Waals surface area contributed by atoms with E-state index in [-0.39, 0.29) is 0 Å². The van der Waals surface area contributed by atoms with Crippen LogP contribution < -0.4 is 4.74 Å². The van der Waals surface area contributed by atoms with Gasteiger partial charge in [0.05, 0.1) is 13.7 Å². The van der Waals surface area contributed by atoms with Gasteiger partial charge in [0.2, 0.25) is 5.28 Å². The molecule has 1 aromatic heterocycles. The molecule has 0 aliphatic heterocycles. The summed E-state index contributed by atoms with van der Waals surface area (Å²) in [5, 5.41) is 8.53.